The summed E-state index contributed by atoms with van der Waals surface area (Å²) in [7, 11) is 0. The molecule has 1 heterocycles. The van der Waals surface area contributed by atoms with E-state index >= 15 is 0 Å². The van der Waals surface area contributed by atoms with E-state index in [-0.39, 0.29) is 12.0 Å². The maximum absolute atomic E-state index is 11.1. The van der Waals surface area contributed by atoms with Crippen molar-refractivity contribution in [2.45, 2.75) is 33.2 Å². The first-order valence-electron chi connectivity index (χ1n) is 5.44. The minimum Gasteiger partial charge on any atom is -0.466 e. The highest BCUT2D eigenvalue weighted by Gasteiger charge is 2.09. The van der Waals surface area contributed by atoms with Crippen LogP contribution in [0.5, 0.6) is 0 Å². The Kier molecular flexibility index (Phi) is 5.42. The molecule has 0 saturated heterocycles. The van der Waals surface area contributed by atoms with Gasteiger partial charge in [0.2, 0.25) is 0 Å². The number of rotatable bonds is 6. The van der Waals surface area contributed by atoms with Crippen LogP contribution in [0.25, 0.3) is 0 Å². The lowest BCUT2D eigenvalue weighted by molar-refractivity contribution is -0.143. The zero-order chi connectivity index (χ0) is 12.0. The van der Waals surface area contributed by atoms with Gasteiger partial charge >= 0.3 is 5.97 Å². The molecule has 0 aromatic carbocycles. The molecule has 0 aliphatic carbocycles. The third-order valence-corrected chi connectivity index (χ3v) is 3.24. The normalized spacial score (nSPS) is 12.4. The van der Waals surface area contributed by atoms with Gasteiger partial charge in [0, 0.05) is 17.6 Å². The smallest absolute Gasteiger partial charge is 0.307 e. The number of esters is 1. The summed E-state index contributed by atoms with van der Waals surface area (Å²) in [6.07, 6.45) is 0.405. The van der Waals surface area contributed by atoms with Crippen LogP contribution >= 0.6 is 11.3 Å². The fraction of sp³-hybridized carbons (Fsp3) is 0.636. The number of carbonyl (C=O) groups excluding carboxylic acids is 1. The van der Waals surface area contributed by atoms with E-state index in [1.165, 1.54) is 0 Å². The largest absolute Gasteiger partial charge is 0.466 e. The number of aryl methyl sites for hydroxylation is 1. The highest BCUT2D eigenvalue weighted by atomic mass is 32.1. The fourth-order valence-corrected chi connectivity index (χ4v) is 2.11. The van der Waals surface area contributed by atoms with E-state index in [1.807, 2.05) is 26.2 Å². The zero-order valence-corrected chi connectivity index (χ0v) is 10.8. The molecule has 1 unspecified atom stereocenters. The second kappa shape index (κ2) is 6.60. The van der Waals surface area contributed by atoms with Gasteiger partial charge in [0.1, 0.15) is 5.01 Å². The first kappa shape index (κ1) is 13.1. The number of hydrogen-bond acceptors (Lipinski definition) is 5. The topological polar surface area (TPSA) is 51.2 Å². The summed E-state index contributed by atoms with van der Waals surface area (Å²) in [6.45, 7) is 6.90. The number of hydrogen-bond donors (Lipinski definition) is 1. The maximum atomic E-state index is 11.1. The van der Waals surface area contributed by atoms with E-state index in [0.717, 1.165) is 10.7 Å². The summed E-state index contributed by atoms with van der Waals surface area (Å²) in [5.41, 5.74) is 1.04. The molecular formula is C11H18N2O2S. The van der Waals surface area contributed by atoms with Gasteiger partial charge in [0.05, 0.1) is 19.1 Å². The SMILES string of the molecule is CCOC(=O)CCNC(C)c1nc(C)cs1. The van der Waals surface area contributed by atoms with Crippen LogP contribution in [-0.2, 0) is 9.53 Å². The van der Waals surface area contributed by atoms with Crippen molar-refractivity contribution in [3.8, 4) is 0 Å². The first-order valence-corrected chi connectivity index (χ1v) is 6.32. The molecule has 0 fully saturated rings. The molecule has 1 aromatic rings. The Bertz CT molecular complexity index is 338. The van der Waals surface area contributed by atoms with Crippen LogP contribution in [0.15, 0.2) is 5.38 Å². The standard InChI is InChI=1S/C11H18N2O2S/c1-4-15-10(14)5-6-12-9(3)11-13-8(2)7-16-11/h7,9,12H,4-6H2,1-3H3. The average molecular weight is 242 g/mol. The van der Waals surface area contributed by atoms with Gasteiger partial charge in [0.25, 0.3) is 0 Å². The minimum absolute atomic E-state index is 0.155. The van der Waals surface area contributed by atoms with E-state index in [0.29, 0.717) is 19.6 Å². The first-order chi connectivity index (χ1) is 7.63. The molecule has 1 rings (SSSR count). The Hall–Kier alpha value is -0.940. The maximum Gasteiger partial charge on any atom is 0.307 e. The van der Waals surface area contributed by atoms with E-state index in [2.05, 4.69) is 10.3 Å². The van der Waals surface area contributed by atoms with Crippen molar-refractivity contribution in [1.82, 2.24) is 10.3 Å². The Morgan fingerprint density at radius 2 is 2.44 bits per heavy atom. The third-order valence-electron chi connectivity index (χ3n) is 2.09. The predicted molar refractivity (Wildman–Crippen MR) is 64.5 cm³/mol. The Morgan fingerprint density at radius 3 is 3.00 bits per heavy atom. The van der Waals surface area contributed by atoms with E-state index < -0.39 is 0 Å². The van der Waals surface area contributed by atoms with Gasteiger partial charge in [-0.05, 0) is 20.8 Å². The summed E-state index contributed by atoms with van der Waals surface area (Å²) in [5, 5.41) is 6.33. The van der Waals surface area contributed by atoms with Crippen molar-refractivity contribution in [3.63, 3.8) is 0 Å². The van der Waals surface area contributed by atoms with Crippen LogP contribution in [0.3, 0.4) is 0 Å². The van der Waals surface area contributed by atoms with Crippen LogP contribution in [0, 0.1) is 6.92 Å². The van der Waals surface area contributed by atoms with Crippen LogP contribution in [0.1, 0.15) is 37.0 Å². The number of nitrogens with zero attached hydrogens (tertiary/aromatic N) is 1. The monoisotopic (exact) mass is 242 g/mol. The van der Waals surface area contributed by atoms with Gasteiger partial charge in [-0.1, -0.05) is 0 Å². The van der Waals surface area contributed by atoms with Gasteiger partial charge in [-0.2, -0.15) is 0 Å². The van der Waals surface area contributed by atoms with Crippen LogP contribution in [-0.4, -0.2) is 24.1 Å². The number of aromatic nitrogens is 1. The van der Waals surface area contributed by atoms with Crippen molar-refractivity contribution in [2.75, 3.05) is 13.2 Å². The van der Waals surface area contributed by atoms with E-state index in [1.54, 1.807) is 11.3 Å². The van der Waals surface area contributed by atoms with Crippen LogP contribution < -0.4 is 5.32 Å². The van der Waals surface area contributed by atoms with E-state index in [4.69, 9.17) is 4.74 Å². The molecule has 5 heteroatoms. The number of thiazole rings is 1. The summed E-state index contributed by atoms with van der Waals surface area (Å²) >= 11 is 1.64. The summed E-state index contributed by atoms with van der Waals surface area (Å²) in [5.74, 6) is -0.155. The van der Waals surface area contributed by atoms with Crippen molar-refractivity contribution in [1.29, 1.82) is 0 Å². The molecule has 0 aliphatic rings. The Labute approximate surface area is 100 Å². The molecule has 1 atom stereocenters. The molecule has 16 heavy (non-hydrogen) atoms. The minimum atomic E-state index is -0.155. The average Bonchev–Trinajstić information content (AvgIpc) is 2.65. The highest BCUT2D eigenvalue weighted by molar-refractivity contribution is 7.09. The Morgan fingerprint density at radius 1 is 1.69 bits per heavy atom. The highest BCUT2D eigenvalue weighted by Crippen LogP contribution is 2.16. The Balaban J connectivity index is 2.25. The van der Waals surface area contributed by atoms with Gasteiger partial charge in [0.15, 0.2) is 0 Å². The second-order valence-corrected chi connectivity index (χ2v) is 4.45. The second-order valence-electron chi connectivity index (χ2n) is 3.56. The predicted octanol–water partition coefficient (Wildman–Crippen LogP) is 2.06. The lowest BCUT2D eigenvalue weighted by Gasteiger charge is -2.10. The van der Waals surface area contributed by atoms with Gasteiger partial charge in [-0.15, -0.1) is 11.3 Å². The van der Waals surface area contributed by atoms with Crippen LogP contribution in [0.2, 0.25) is 0 Å². The lowest BCUT2D eigenvalue weighted by Crippen LogP contribution is -2.22. The molecular weight excluding hydrogens is 224 g/mol. The van der Waals surface area contributed by atoms with Gasteiger partial charge in [-0.3, -0.25) is 4.79 Å². The van der Waals surface area contributed by atoms with E-state index in [9.17, 15) is 4.79 Å². The number of carbonyl (C=O) groups is 1. The zero-order valence-electron chi connectivity index (χ0n) is 9.95. The molecule has 1 N–H and O–H groups in total. The lowest BCUT2D eigenvalue weighted by atomic mass is 10.3. The van der Waals surface area contributed by atoms with Gasteiger partial charge in [-0.25, -0.2) is 4.98 Å². The summed E-state index contributed by atoms with van der Waals surface area (Å²) in [6, 6.07) is 0.188. The van der Waals surface area contributed by atoms with Crippen LogP contribution in [0.4, 0.5) is 0 Å². The van der Waals surface area contributed by atoms with Crippen molar-refractivity contribution < 1.29 is 9.53 Å². The molecule has 0 radical (unpaired) electrons. The molecule has 90 valence electrons. The fourth-order valence-electron chi connectivity index (χ4n) is 1.28. The number of nitrogens with one attached hydrogen (secondary N) is 1. The van der Waals surface area contributed by atoms with Gasteiger partial charge < -0.3 is 10.1 Å². The summed E-state index contributed by atoms with van der Waals surface area (Å²) < 4.78 is 4.84. The molecule has 0 bridgehead atoms. The molecule has 4 nitrogen and oxygen atoms in total. The van der Waals surface area contributed by atoms with Crippen molar-refractivity contribution >= 4 is 17.3 Å². The molecule has 0 amide bonds. The molecule has 0 aliphatic heterocycles. The molecule has 0 saturated carbocycles. The summed E-state index contributed by atoms with van der Waals surface area (Å²) in [4.78, 5) is 15.5. The quantitative estimate of drug-likeness (QED) is 0.776. The molecule has 1 aromatic heterocycles. The number of ether oxygens (including phenoxy) is 1. The molecule has 0 spiro atoms. The van der Waals surface area contributed by atoms with Crippen molar-refractivity contribution in [2.24, 2.45) is 0 Å². The van der Waals surface area contributed by atoms with Crippen molar-refractivity contribution in [3.05, 3.63) is 16.1 Å². The third kappa shape index (κ3) is 4.28.